The molecule has 1 aromatic rings. The van der Waals surface area contributed by atoms with Crippen LogP contribution in [-0.4, -0.2) is 77.2 Å². The van der Waals surface area contributed by atoms with E-state index in [1.54, 1.807) is 0 Å². The Morgan fingerprint density at radius 2 is 1.00 bits per heavy atom. The van der Waals surface area contributed by atoms with E-state index in [4.69, 9.17) is 38.8 Å². The van der Waals surface area contributed by atoms with E-state index in [0.29, 0.717) is 18.2 Å². The van der Waals surface area contributed by atoms with Gasteiger partial charge in [0.1, 0.15) is 24.4 Å². The highest BCUT2D eigenvalue weighted by Gasteiger charge is 2.57. The number of ether oxygens (including phenoxy) is 2. The molecule has 0 aromatic heterocycles. The van der Waals surface area contributed by atoms with E-state index >= 15 is 0 Å². The second-order valence-corrected chi connectivity index (χ2v) is 39.9. The molecular formula is C39H75ClO6Si4. The third-order valence-corrected chi connectivity index (χ3v) is 30.4. The van der Waals surface area contributed by atoms with Gasteiger partial charge in [-0.05, 0) is 90.2 Å². The zero-order valence-corrected chi connectivity index (χ0v) is 40.3. The molecule has 5 atom stereocenters. The first-order valence-electron chi connectivity index (χ1n) is 18.6. The molecule has 2 rings (SSSR count). The zero-order valence-electron chi connectivity index (χ0n) is 35.6. The summed E-state index contributed by atoms with van der Waals surface area (Å²) in [5.41, 5.74) is 1.05. The smallest absolute Gasteiger partial charge is 0.192 e. The Morgan fingerprint density at radius 3 is 1.42 bits per heavy atom. The average Bonchev–Trinajstić information content (AvgIpc) is 2.91. The zero-order chi connectivity index (χ0) is 38.9. The summed E-state index contributed by atoms with van der Waals surface area (Å²) in [4.78, 5) is 0. The van der Waals surface area contributed by atoms with Gasteiger partial charge in [-0.1, -0.05) is 119 Å². The van der Waals surface area contributed by atoms with E-state index in [1.165, 1.54) is 0 Å². The average molecular weight is 788 g/mol. The monoisotopic (exact) mass is 786 g/mol. The van der Waals surface area contributed by atoms with Crippen molar-refractivity contribution in [3.05, 3.63) is 40.9 Å². The first-order chi connectivity index (χ1) is 22.2. The van der Waals surface area contributed by atoms with Crippen molar-refractivity contribution in [2.75, 3.05) is 13.2 Å². The Hall–Kier alpha value is -0.122. The summed E-state index contributed by atoms with van der Waals surface area (Å²) in [6, 6.07) is 7.79. The SMILES string of the molecule is CC(C)(C)[Si](C)(C)OC[C@H]1O[C@@H](OC/C=C/c2ccc(Cl)cc2)[C@H](O[Si](C)(C)C(C)(C)C)[C@@H](O[Si](C)(C)C(C)(C)C)[C@@H]1O[Si](C)(C)C(C)(C)C. The van der Waals surface area contributed by atoms with Crippen molar-refractivity contribution in [2.45, 2.75) is 186 Å². The van der Waals surface area contributed by atoms with Crippen LogP contribution in [-0.2, 0) is 27.2 Å². The summed E-state index contributed by atoms with van der Waals surface area (Å²) in [5.74, 6) is 0. The summed E-state index contributed by atoms with van der Waals surface area (Å²) in [7, 11) is -9.15. The molecule has 1 heterocycles. The van der Waals surface area contributed by atoms with Gasteiger partial charge in [-0.2, -0.15) is 0 Å². The van der Waals surface area contributed by atoms with Crippen LogP contribution in [0, 0.1) is 0 Å². The lowest BCUT2D eigenvalue weighted by Crippen LogP contribution is -2.68. The molecule has 6 nitrogen and oxygen atoms in total. The lowest BCUT2D eigenvalue weighted by atomic mass is 9.99. The van der Waals surface area contributed by atoms with E-state index in [1.807, 2.05) is 36.4 Å². The second kappa shape index (κ2) is 16.3. The molecule has 1 saturated heterocycles. The molecule has 1 aromatic carbocycles. The fraction of sp³-hybridized carbons (Fsp3) is 0.795. The maximum atomic E-state index is 7.53. The molecule has 0 spiro atoms. The topological polar surface area (TPSA) is 55.4 Å². The number of rotatable bonds is 13. The van der Waals surface area contributed by atoms with Crippen LogP contribution >= 0.6 is 11.6 Å². The van der Waals surface area contributed by atoms with Gasteiger partial charge in [-0.3, -0.25) is 0 Å². The fourth-order valence-corrected chi connectivity index (χ4v) is 9.56. The quantitative estimate of drug-likeness (QED) is 0.186. The van der Waals surface area contributed by atoms with Crippen LogP contribution in [0.25, 0.3) is 6.08 Å². The van der Waals surface area contributed by atoms with Crippen molar-refractivity contribution in [1.82, 2.24) is 0 Å². The van der Waals surface area contributed by atoms with Gasteiger partial charge in [0.15, 0.2) is 39.6 Å². The molecule has 11 heteroatoms. The Morgan fingerprint density at radius 1 is 0.600 bits per heavy atom. The molecule has 0 amide bonds. The highest BCUT2D eigenvalue weighted by Crippen LogP contribution is 2.46. The van der Waals surface area contributed by atoms with Gasteiger partial charge in [0, 0.05) is 5.02 Å². The Kier molecular flexibility index (Phi) is 15.0. The predicted octanol–water partition coefficient (Wildman–Crippen LogP) is 12.3. The molecule has 1 aliphatic heterocycles. The third-order valence-electron chi connectivity index (χ3n) is 12.3. The van der Waals surface area contributed by atoms with Crippen LogP contribution in [0.1, 0.15) is 88.6 Å². The van der Waals surface area contributed by atoms with Crippen LogP contribution in [0.3, 0.4) is 0 Å². The van der Waals surface area contributed by atoms with E-state index < -0.39 is 64.0 Å². The van der Waals surface area contributed by atoms with Crippen LogP contribution in [0.15, 0.2) is 30.3 Å². The minimum absolute atomic E-state index is 0.0189. The van der Waals surface area contributed by atoms with E-state index in [2.05, 4.69) is 135 Å². The van der Waals surface area contributed by atoms with E-state index in [-0.39, 0.29) is 20.2 Å². The number of hydrogen-bond donors (Lipinski definition) is 0. The minimum Gasteiger partial charge on any atom is -0.414 e. The summed E-state index contributed by atoms with van der Waals surface area (Å²) in [5, 5.41) is 0.678. The molecule has 0 aliphatic carbocycles. The van der Waals surface area contributed by atoms with Crippen molar-refractivity contribution < 1.29 is 27.2 Å². The van der Waals surface area contributed by atoms with Crippen molar-refractivity contribution in [3.63, 3.8) is 0 Å². The Balaban J connectivity index is 2.77. The van der Waals surface area contributed by atoms with E-state index in [9.17, 15) is 0 Å². The maximum absolute atomic E-state index is 7.53. The summed E-state index contributed by atoms with van der Waals surface area (Å²) in [6.45, 7) is 46.6. The summed E-state index contributed by atoms with van der Waals surface area (Å²) < 4.78 is 43.1. The van der Waals surface area contributed by atoms with Gasteiger partial charge >= 0.3 is 0 Å². The van der Waals surface area contributed by atoms with Gasteiger partial charge in [0.2, 0.25) is 0 Å². The van der Waals surface area contributed by atoms with Gasteiger partial charge in [-0.15, -0.1) is 0 Å². The number of halogens is 1. The van der Waals surface area contributed by atoms with Crippen LogP contribution in [0.4, 0.5) is 0 Å². The van der Waals surface area contributed by atoms with Crippen molar-refractivity contribution in [3.8, 4) is 0 Å². The molecule has 0 N–H and O–H groups in total. The van der Waals surface area contributed by atoms with Gasteiger partial charge in [-0.25, -0.2) is 0 Å². The summed E-state index contributed by atoms with van der Waals surface area (Å²) in [6.07, 6.45) is 1.69. The molecule has 1 fully saturated rings. The molecule has 290 valence electrons. The lowest BCUT2D eigenvalue weighted by Gasteiger charge is -2.54. The van der Waals surface area contributed by atoms with Crippen molar-refractivity contribution in [1.29, 1.82) is 0 Å². The number of benzene rings is 1. The first kappa shape index (κ1) is 46.0. The molecule has 1 aliphatic rings. The van der Waals surface area contributed by atoms with Gasteiger partial charge in [0.25, 0.3) is 0 Å². The minimum atomic E-state index is -2.35. The predicted molar refractivity (Wildman–Crippen MR) is 224 cm³/mol. The molecule has 0 unspecified atom stereocenters. The first-order valence-corrected chi connectivity index (χ1v) is 30.6. The van der Waals surface area contributed by atoms with Gasteiger partial charge in [0.05, 0.1) is 13.2 Å². The molecular weight excluding hydrogens is 712 g/mol. The van der Waals surface area contributed by atoms with Crippen LogP contribution in [0.2, 0.25) is 77.6 Å². The molecule has 0 radical (unpaired) electrons. The standard InChI is InChI=1S/C39H75ClO6Si4/c1-36(2,3)47(13,14)42-28-31-32(44-48(15,16)37(4,5)6)33(45-49(17,18)38(7,8)9)34(46-50(19,20)39(10,11)12)35(43-31)41-27-21-22-29-23-25-30(40)26-24-29/h21-26,31-35H,27-28H2,1-20H3/b22-21+/t31-,32-,33+,34-,35-/m1/s1. The third kappa shape index (κ3) is 11.9. The fourth-order valence-electron chi connectivity index (χ4n) is 4.51. The van der Waals surface area contributed by atoms with Gasteiger partial charge < -0.3 is 27.2 Å². The van der Waals surface area contributed by atoms with Crippen LogP contribution in [0.5, 0.6) is 0 Å². The Bertz CT molecular complexity index is 1250. The summed E-state index contributed by atoms with van der Waals surface area (Å²) >= 11 is 6.13. The maximum Gasteiger partial charge on any atom is 0.192 e. The highest BCUT2D eigenvalue weighted by atomic mass is 35.5. The second-order valence-electron chi connectivity index (χ2n) is 20.4. The molecule has 50 heavy (non-hydrogen) atoms. The van der Waals surface area contributed by atoms with Crippen molar-refractivity contribution in [2.24, 2.45) is 0 Å². The molecule has 0 bridgehead atoms. The lowest BCUT2D eigenvalue weighted by molar-refractivity contribution is -0.288. The van der Waals surface area contributed by atoms with Crippen molar-refractivity contribution >= 4 is 50.9 Å². The largest absolute Gasteiger partial charge is 0.414 e. The Labute approximate surface area is 317 Å². The normalized spacial score (nSPS) is 23.9. The van der Waals surface area contributed by atoms with E-state index in [0.717, 1.165) is 5.56 Å². The molecule has 0 saturated carbocycles. The van der Waals surface area contributed by atoms with Crippen LogP contribution < -0.4 is 0 Å². The number of hydrogen-bond acceptors (Lipinski definition) is 6. The highest BCUT2D eigenvalue weighted by molar-refractivity contribution is 6.75.